The van der Waals surface area contributed by atoms with E-state index < -0.39 is 6.10 Å². The maximum Gasteiger partial charge on any atom is 0.211 e. The minimum atomic E-state index is -0.528. The molecule has 0 aromatic heterocycles. The Kier molecular flexibility index (Phi) is 8.53. The second-order valence-corrected chi connectivity index (χ2v) is 9.32. The van der Waals surface area contributed by atoms with Crippen molar-refractivity contribution < 1.29 is 9.90 Å². The fourth-order valence-electron chi connectivity index (χ4n) is 4.45. The van der Waals surface area contributed by atoms with Gasteiger partial charge in [-0.1, -0.05) is 67.1 Å². The number of carbonyl (C=O) groups is 1. The van der Waals surface area contributed by atoms with Crippen LogP contribution in [0.1, 0.15) is 47.6 Å². The molecule has 4 aromatic rings. The number of amides is 1. The SMILES string of the molecule is Cc1ccc([C@@H](O)CCCCc2ccc(Nc3ccc(C)c(-c4ccccc4)c3)cc2)cc1NC=O. The first-order valence-corrected chi connectivity index (χ1v) is 12.5. The highest BCUT2D eigenvalue weighted by molar-refractivity contribution is 5.74. The lowest BCUT2D eigenvalue weighted by Crippen LogP contribution is -2.02. The van der Waals surface area contributed by atoms with Crippen molar-refractivity contribution in [2.75, 3.05) is 10.6 Å². The Morgan fingerprint density at radius 1 is 0.806 bits per heavy atom. The summed E-state index contributed by atoms with van der Waals surface area (Å²) in [6.45, 7) is 4.08. The summed E-state index contributed by atoms with van der Waals surface area (Å²) >= 11 is 0. The molecule has 0 bridgehead atoms. The molecule has 4 rings (SSSR count). The molecular weight excluding hydrogens is 444 g/mol. The molecule has 1 amide bonds. The lowest BCUT2D eigenvalue weighted by molar-refractivity contribution is -0.105. The monoisotopic (exact) mass is 478 g/mol. The Morgan fingerprint density at radius 3 is 2.28 bits per heavy atom. The van der Waals surface area contributed by atoms with Crippen LogP contribution in [0.2, 0.25) is 0 Å². The first-order chi connectivity index (χ1) is 17.5. The van der Waals surface area contributed by atoms with E-state index in [9.17, 15) is 9.90 Å². The Bertz CT molecular complexity index is 1280. The number of carbonyl (C=O) groups excluding carboxylic acids is 1. The standard InChI is InChI=1S/C32H34N2O2/c1-23-13-17-29(21-30(23)26-9-4-3-5-10-26)34-28-18-14-25(15-19-28)8-6-7-11-32(36)27-16-12-24(2)31(20-27)33-22-35/h3-5,9-10,12-22,32,34,36H,6-8,11H2,1-2H3,(H,33,35)/t32-/m0/s1. The van der Waals surface area contributed by atoms with Gasteiger partial charge in [0.2, 0.25) is 6.41 Å². The number of benzene rings is 4. The predicted octanol–water partition coefficient (Wildman–Crippen LogP) is 7.73. The van der Waals surface area contributed by atoms with Gasteiger partial charge in [-0.3, -0.25) is 4.79 Å². The molecule has 0 saturated heterocycles. The average Bonchev–Trinajstić information content (AvgIpc) is 2.90. The summed E-state index contributed by atoms with van der Waals surface area (Å²) in [5, 5.41) is 16.8. The van der Waals surface area contributed by atoms with Crippen LogP contribution in [0.15, 0.2) is 91.0 Å². The Morgan fingerprint density at radius 2 is 1.53 bits per heavy atom. The number of rotatable bonds is 11. The van der Waals surface area contributed by atoms with Crippen LogP contribution in [0, 0.1) is 13.8 Å². The quantitative estimate of drug-likeness (QED) is 0.153. The Hall–Kier alpha value is -3.89. The number of unbranched alkanes of at least 4 members (excludes halogenated alkanes) is 1. The van der Waals surface area contributed by atoms with Crippen LogP contribution in [0.3, 0.4) is 0 Å². The number of anilines is 3. The second kappa shape index (κ2) is 12.2. The summed E-state index contributed by atoms with van der Waals surface area (Å²) in [7, 11) is 0. The number of hydrogen-bond acceptors (Lipinski definition) is 3. The third-order valence-corrected chi connectivity index (χ3v) is 6.62. The third kappa shape index (κ3) is 6.61. The van der Waals surface area contributed by atoms with Gasteiger partial charge in [0.25, 0.3) is 0 Å². The molecule has 0 heterocycles. The molecule has 1 atom stereocenters. The van der Waals surface area contributed by atoms with Crippen molar-refractivity contribution >= 4 is 23.5 Å². The van der Waals surface area contributed by atoms with E-state index in [0.29, 0.717) is 12.8 Å². The van der Waals surface area contributed by atoms with Gasteiger partial charge in [0.15, 0.2) is 0 Å². The van der Waals surface area contributed by atoms with Gasteiger partial charge < -0.3 is 15.7 Å². The van der Waals surface area contributed by atoms with Crippen LogP contribution >= 0.6 is 0 Å². The van der Waals surface area contributed by atoms with Gasteiger partial charge in [0.1, 0.15) is 0 Å². The molecule has 3 N–H and O–H groups in total. The van der Waals surface area contributed by atoms with E-state index >= 15 is 0 Å². The van der Waals surface area contributed by atoms with Gasteiger partial charge in [0.05, 0.1) is 6.10 Å². The van der Waals surface area contributed by atoms with Crippen LogP contribution in [0.4, 0.5) is 17.1 Å². The van der Waals surface area contributed by atoms with Crippen molar-refractivity contribution in [1.29, 1.82) is 0 Å². The lowest BCUT2D eigenvalue weighted by Gasteiger charge is -2.14. The predicted molar refractivity (Wildman–Crippen MR) is 150 cm³/mol. The minimum absolute atomic E-state index is 0.528. The molecule has 0 saturated carbocycles. The smallest absolute Gasteiger partial charge is 0.211 e. The second-order valence-electron chi connectivity index (χ2n) is 9.32. The number of nitrogens with one attached hydrogen (secondary N) is 2. The summed E-state index contributed by atoms with van der Waals surface area (Å²) in [4.78, 5) is 10.8. The molecule has 0 fully saturated rings. The van der Waals surface area contributed by atoms with Crippen LogP contribution in [0.5, 0.6) is 0 Å². The molecule has 4 nitrogen and oxygen atoms in total. The molecule has 4 aromatic carbocycles. The molecule has 4 heteroatoms. The summed E-state index contributed by atoms with van der Waals surface area (Å²) < 4.78 is 0. The lowest BCUT2D eigenvalue weighted by atomic mass is 9.99. The molecule has 0 unspecified atom stereocenters. The highest BCUT2D eigenvalue weighted by Gasteiger charge is 2.10. The van der Waals surface area contributed by atoms with Crippen molar-refractivity contribution in [2.24, 2.45) is 0 Å². The molecule has 0 radical (unpaired) electrons. The van der Waals surface area contributed by atoms with Gasteiger partial charge >= 0.3 is 0 Å². The number of aliphatic hydroxyl groups is 1. The highest BCUT2D eigenvalue weighted by atomic mass is 16.3. The van der Waals surface area contributed by atoms with Crippen LogP contribution in [-0.4, -0.2) is 11.5 Å². The zero-order valence-corrected chi connectivity index (χ0v) is 21.0. The van der Waals surface area contributed by atoms with Crippen molar-refractivity contribution in [3.05, 3.63) is 113 Å². The Balaban J connectivity index is 1.28. The minimum Gasteiger partial charge on any atom is -0.388 e. The third-order valence-electron chi connectivity index (χ3n) is 6.62. The average molecular weight is 479 g/mol. The molecule has 0 spiro atoms. The fourth-order valence-corrected chi connectivity index (χ4v) is 4.45. The molecule has 36 heavy (non-hydrogen) atoms. The van der Waals surface area contributed by atoms with Crippen molar-refractivity contribution in [1.82, 2.24) is 0 Å². The van der Waals surface area contributed by atoms with Crippen molar-refractivity contribution in [3.63, 3.8) is 0 Å². The van der Waals surface area contributed by atoms with E-state index in [1.165, 1.54) is 22.3 Å². The van der Waals surface area contributed by atoms with E-state index in [0.717, 1.165) is 47.5 Å². The van der Waals surface area contributed by atoms with Crippen LogP contribution in [0.25, 0.3) is 11.1 Å². The van der Waals surface area contributed by atoms with E-state index in [1.807, 2.05) is 31.2 Å². The summed E-state index contributed by atoms with van der Waals surface area (Å²) in [5.74, 6) is 0. The zero-order chi connectivity index (χ0) is 25.3. The first kappa shape index (κ1) is 25.2. The first-order valence-electron chi connectivity index (χ1n) is 12.5. The molecule has 0 aliphatic rings. The summed E-state index contributed by atoms with van der Waals surface area (Å²) in [6.07, 6.45) is 3.74. The number of aryl methyl sites for hydroxylation is 3. The summed E-state index contributed by atoms with van der Waals surface area (Å²) in [6, 6.07) is 31.2. The van der Waals surface area contributed by atoms with Gasteiger partial charge in [-0.15, -0.1) is 0 Å². The Labute approximate surface area is 214 Å². The highest BCUT2D eigenvalue weighted by Crippen LogP contribution is 2.29. The van der Waals surface area contributed by atoms with Crippen LogP contribution in [-0.2, 0) is 11.2 Å². The normalized spacial score (nSPS) is 11.6. The summed E-state index contributed by atoms with van der Waals surface area (Å²) in [5.41, 5.74) is 9.71. The van der Waals surface area contributed by atoms with E-state index in [1.54, 1.807) is 0 Å². The van der Waals surface area contributed by atoms with Gasteiger partial charge in [-0.2, -0.15) is 0 Å². The van der Waals surface area contributed by atoms with E-state index in [4.69, 9.17) is 0 Å². The van der Waals surface area contributed by atoms with E-state index in [-0.39, 0.29) is 0 Å². The molecule has 0 aliphatic heterocycles. The van der Waals surface area contributed by atoms with Crippen molar-refractivity contribution in [3.8, 4) is 11.1 Å². The van der Waals surface area contributed by atoms with E-state index in [2.05, 4.69) is 84.3 Å². The van der Waals surface area contributed by atoms with Gasteiger partial charge in [-0.25, -0.2) is 0 Å². The molecular formula is C32H34N2O2. The van der Waals surface area contributed by atoms with Gasteiger partial charge in [0, 0.05) is 17.1 Å². The maximum absolute atomic E-state index is 10.8. The zero-order valence-electron chi connectivity index (χ0n) is 21.0. The molecule has 0 aliphatic carbocycles. The maximum atomic E-state index is 10.8. The fraction of sp³-hybridized carbons (Fsp3) is 0.219. The van der Waals surface area contributed by atoms with Crippen molar-refractivity contribution in [2.45, 2.75) is 45.6 Å². The molecule has 184 valence electrons. The van der Waals surface area contributed by atoms with Gasteiger partial charge in [-0.05, 0) is 96.8 Å². The topological polar surface area (TPSA) is 61.4 Å². The number of hydrogen-bond donors (Lipinski definition) is 3. The van der Waals surface area contributed by atoms with Crippen LogP contribution < -0.4 is 10.6 Å². The number of aliphatic hydroxyl groups excluding tert-OH is 1. The largest absolute Gasteiger partial charge is 0.388 e.